The highest BCUT2D eigenvalue weighted by Gasteiger charge is 2.08. The van der Waals surface area contributed by atoms with Crippen molar-refractivity contribution in [3.63, 3.8) is 0 Å². The van der Waals surface area contributed by atoms with Gasteiger partial charge in [0, 0.05) is 10.3 Å². The van der Waals surface area contributed by atoms with E-state index in [0.717, 1.165) is 20.0 Å². The van der Waals surface area contributed by atoms with Crippen molar-refractivity contribution in [2.75, 3.05) is 0 Å². The van der Waals surface area contributed by atoms with Gasteiger partial charge in [-0.25, -0.2) is 4.79 Å². The SMILES string of the molecule is O=C(O)c1ccc(Sc2snc3ccccc23)cc1. The Hall–Kier alpha value is -1.85. The minimum absolute atomic E-state index is 0.304. The minimum atomic E-state index is -0.903. The molecule has 0 bridgehead atoms. The first kappa shape index (κ1) is 12.2. The summed E-state index contributed by atoms with van der Waals surface area (Å²) in [6, 6.07) is 14.9. The fraction of sp³-hybridized carbons (Fsp3) is 0. The number of carboxylic acid groups (broad SMARTS) is 1. The van der Waals surface area contributed by atoms with Crippen molar-refractivity contribution in [3.05, 3.63) is 54.1 Å². The Morgan fingerprint density at radius 3 is 2.58 bits per heavy atom. The average Bonchev–Trinajstić information content (AvgIpc) is 2.83. The van der Waals surface area contributed by atoms with E-state index in [9.17, 15) is 4.79 Å². The topological polar surface area (TPSA) is 50.2 Å². The van der Waals surface area contributed by atoms with Crippen molar-refractivity contribution in [1.82, 2.24) is 4.37 Å². The molecule has 0 unspecified atom stereocenters. The fourth-order valence-electron chi connectivity index (χ4n) is 1.71. The van der Waals surface area contributed by atoms with Gasteiger partial charge in [0.05, 0.1) is 15.3 Å². The molecule has 0 aliphatic heterocycles. The molecule has 0 aliphatic rings. The van der Waals surface area contributed by atoms with Crippen LogP contribution in [0.4, 0.5) is 0 Å². The summed E-state index contributed by atoms with van der Waals surface area (Å²) in [4.78, 5) is 11.8. The highest BCUT2D eigenvalue weighted by Crippen LogP contribution is 2.36. The third kappa shape index (κ3) is 2.47. The van der Waals surface area contributed by atoms with Gasteiger partial charge in [-0.15, -0.1) is 0 Å². The fourth-order valence-corrected chi connectivity index (χ4v) is 3.64. The monoisotopic (exact) mass is 287 g/mol. The zero-order chi connectivity index (χ0) is 13.2. The van der Waals surface area contributed by atoms with Gasteiger partial charge in [0.2, 0.25) is 0 Å². The average molecular weight is 287 g/mol. The van der Waals surface area contributed by atoms with Crippen molar-refractivity contribution >= 4 is 40.2 Å². The normalized spacial score (nSPS) is 10.7. The molecule has 0 fully saturated rings. The Balaban J connectivity index is 1.90. The predicted octanol–water partition coefficient (Wildman–Crippen LogP) is 4.15. The maximum atomic E-state index is 10.8. The van der Waals surface area contributed by atoms with Gasteiger partial charge >= 0.3 is 5.97 Å². The van der Waals surface area contributed by atoms with Crippen LogP contribution in [0.5, 0.6) is 0 Å². The van der Waals surface area contributed by atoms with Crippen LogP contribution in [0, 0.1) is 0 Å². The molecule has 0 spiro atoms. The molecule has 3 aromatic rings. The summed E-state index contributed by atoms with van der Waals surface area (Å²) >= 11 is 3.07. The van der Waals surface area contributed by atoms with Crippen LogP contribution in [0.1, 0.15) is 10.4 Å². The number of hydrogen-bond acceptors (Lipinski definition) is 4. The van der Waals surface area contributed by atoms with Gasteiger partial charge in [-0.1, -0.05) is 30.0 Å². The van der Waals surface area contributed by atoms with Crippen LogP contribution in [-0.2, 0) is 0 Å². The van der Waals surface area contributed by atoms with E-state index in [1.54, 1.807) is 23.9 Å². The molecule has 1 N–H and O–H groups in total. The Bertz CT molecular complexity index is 735. The molecule has 3 rings (SSSR count). The number of fused-ring (bicyclic) bond motifs is 1. The highest BCUT2D eigenvalue weighted by atomic mass is 32.2. The van der Waals surface area contributed by atoms with Gasteiger partial charge in [0.25, 0.3) is 0 Å². The van der Waals surface area contributed by atoms with Crippen LogP contribution in [0.3, 0.4) is 0 Å². The van der Waals surface area contributed by atoms with Crippen molar-refractivity contribution in [2.24, 2.45) is 0 Å². The van der Waals surface area contributed by atoms with Gasteiger partial charge in [0.15, 0.2) is 0 Å². The molecular formula is C14H9NO2S2. The first-order valence-corrected chi connectivity index (χ1v) is 7.18. The zero-order valence-electron chi connectivity index (χ0n) is 9.74. The number of carboxylic acids is 1. The maximum absolute atomic E-state index is 10.8. The van der Waals surface area contributed by atoms with Crippen LogP contribution in [0.25, 0.3) is 10.9 Å². The third-order valence-corrected chi connectivity index (χ3v) is 4.72. The number of aromatic carboxylic acids is 1. The first-order chi connectivity index (χ1) is 9.24. The van der Waals surface area contributed by atoms with Crippen LogP contribution < -0.4 is 0 Å². The van der Waals surface area contributed by atoms with Crippen LogP contribution in [0.15, 0.2) is 57.6 Å². The Morgan fingerprint density at radius 2 is 1.84 bits per heavy atom. The standard InChI is InChI=1S/C14H9NO2S2/c16-13(17)9-5-7-10(8-6-9)18-14-11-3-1-2-4-12(11)15-19-14/h1-8H,(H,16,17). The van der Waals surface area contributed by atoms with E-state index in [4.69, 9.17) is 5.11 Å². The number of hydrogen-bond donors (Lipinski definition) is 1. The van der Waals surface area contributed by atoms with Crippen molar-refractivity contribution < 1.29 is 9.90 Å². The quantitative estimate of drug-likeness (QED) is 0.786. The van der Waals surface area contributed by atoms with Crippen LogP contribution >= 0.6 is 23.3 Å². The van der Waals surface area contributed by atoms with Gasteiger partial charge in [-0.3, -0.25) is 0 Å². The predicted molar refractivity (Wildman–Crippen MR) is 77.1 cm³/mol. The smallest absolute Gasteiger partial charge is 0.335 e. The minimum Gasteiger partial charge on any atom is -0.478 e. The second-order valence-corrected chi connectivity index (χ2v) is 6.03. The van der Waals surface area contributed by atoms with Crippen molar-refractivity contribution in [2.45, 2.75) is 9.10 Å². The molecule has 0 amide bonds. The summed E-state index contributed by atoms with van der Waals surface area (Å²) in [5.74, 6) is -0.903. The summed E-state index contributed by atoms with van der Waals surface area (Å²) in [7, 11) is 0. The van der Waals surface area contributed by atoms with Gasteiger partial charge in [-0.05, 0) is 41.9 Å². The van der Waals surface area contributed by atoms with E-state index >= 15 is 0 Å². The maximum Gasteiger partial charge on any atom is 0.335 e. The van der Waals surface area contributed by atoms with Crippen LogP contribution in [-0.4, -0.2) is 15.4 Å². The number of nitrogens with zero attached hydrogens (tertiary/aromatic N) is 1. The molecule has 2 aromatic carbocycles. The molecule has 0 aliphatic carbocycles. The lowest BCUT2D eigenvalue weighted by molar-refractivity contribution is 0.0697. The number of benzene rings is 2. The van der Waals surface area contributed by atoms with E-state index in [0.29, 0.717) is 5.56 Å². The summed E-state index contributed by atoms with van der Waals surface area (Å²) in [6.07, 6.45) is 0. The molecule has 1 heterocycles. The van der Waals surface area contributed by atoms with E-state index in [2.05, 4.69) is 4.37 Å². The Morgan fingerprint density at radius 1 is 1.11 bits per heavy atom. The molecule has 0 radical (unpaired) electrons. The number of carbonyl (C=O) groups is 1. The van der Waals surface area contributed by atoms with E-state index in [1.807, 2.05) is 36.4 Å². The molecule has 0 saturated heterocycles. The molecule has 3 nitrogen and oxygen atoms in total. The van der Waals surface area contributed by atoms with Gasteiger partial charge < -0.3 is 5.11 Å². The molecule has 1 aromatic heterocycles. The van der Waals surface area contributed by atoms with E-state index in [-0.39, 0.29) is 0 Å². The molecule has 19 heavy (non-hydrogen) atoms. The molecular weight excluding hydrogens is 278 g/mol. The first-order valence-electron chi connectivity index (χ1n) is 5.60. The number of aromatic nitrogens is 1. The third-order valence-electron chi connectivity index (χ3n) is 2.66. The lowest BCUT2D eigenvalue weighted by Crippen LogP contribution is -1.94. The van der Waals surface area contributed by atoms with Crippen LogP contribution in [0.2, 0.25) is 0 Å². The summed E-state index contributed by atoms with van der Waals surface area (Å²) < 4.78 is 5.51. The van der Waals surface area contributed by atoms with Crippen molar-refractivity contribution in [3.8, 4) is 0 Å². The largest absolute Gasteiger partial charge is 0.478 e. The molecule has 0 atom stereocenters. The number of rotatable bonds is 3. The van der Waals surface area contributed by atoms with E-state index < -0.39 is 5.97 Å². The second kappa shape index (κ2) is 5.03. The van der Waals surface area contributed by atoms with E-state index in [1.165, 1.54) is 11.5 Å². The highest BCUT2D eigenvalue weighted by molar-refractivity contribution is 8.01. The Labute approximate surface area is 118 Å². The second-order valence-electron chi connectivity index (χ2n) is 3.92. The molecule has 94 valence electrons. The summed E-state index contributed by atoms with van der Waals surface area (Å²) in [5.41, 5.74) is 1.30. The zero-order valence-corrected chi connectivity index (χ0v) is 11.4. The molecule has 0 saturated carbocycles. The van der Waals surface area contributed by atoms with Gasteiger partial charge in [-0.2, -0.15) is 4.37 Å². The lowest BCUT2D eigenvalue weighted by atomic mass is 10.2. The summed E-state index contributed by atoms with van der Waals surface area (Å²) in [6.45, 7) is 0. The lowest BCUT2D eigenvalue weighted by Gasteiger charge is -2.00. The van der Waals surface area contributed by atoms with Gasteiger partial charge in [0.1, 0.15) is 0 Å². The Kier molecular flexibility index (Phi) is 3.23. The van der Waals surface area contributed by atoms with Crippen molar-refractivity contribution in [1.29, 1.82) is 0 Å². The molecule has 5 heteroatoms. The summed E-state index contributed by atoms with van der Waals surface area (Å²) in [5, 5.41) is 10.00.